The lowest BCUT2D eigenvalue weighted by Crippen LogP contribution is -2.09. The Labute approximate surface area is 99.5 Å². The van der Waals surface area contributed by atoms with Gasteiger partial charge in [0.1, 0.15) is 12.0 Å². The fraction of sp³-hybridized carbons (Fsp3) is 0.0909. The summed E-state index contributed by atoms with van der Waals surface area (Å²) in [5, 5.41) is 0. The van der Waals surface area contributed by atoms with Crippen LogP contribution in [0.5, 0.6) is 0 Å². The fourth-order valence-electron chi connectivity index (χ4n) is 1.26. The predicted octanol–water partition coefficient (Wildman–Crippen LogP) is 2.12. The van der Waals surface area contributed by atoms with Crippen LogP contribution in [0.25, 0.3) is 0 Å². The zero-order valence-electron chi connectivity index (χ0n) is 8.85. The summed E-state index contributed by atoms with van der Waals surface area (Å²) in [5.41, 5.74) is -0.814. The van der Waals surface area contributed by atoms with E-state index in [2.05, 4.69) is 15.0 Å². The van der Waals surface area contributed by atoms with Gasteiger partial charge in [-0.2, -0.15) is 13.2 Å². The van der Waals surface area contributed by atoms with Crippen molar-refractivity contribution in [3.05, 3.63) is 53.9 Å². The number of ketones is 1. The van der Waals surface area contributed by atoms with Gasteiger partial charge in [-0.25, -0.2) is 9.97 Å². The van der Waals surface area contributed by atoms with E-state index in [1.54, 1.807) is 0 Å². The van der Waals surface area contributed by atoms with E-state index in [-0.39, 0.29) is 11.3 Å². The van der Waals surface area contributed by atoms with Crippen LogP contribution < -0.4 is 0 Å². The summed E-state index contributed by atoms with van der Waals surface area (Å²) in [7, 11) is 0. The van der Waals surface area contributed by atoms with Crippen LogP contribution in [0.2, 0.25) is 0 Å². The maximum absolute atomic E-state index is 12.3. The van der Waals surface area contributed by atoms with E-state index < -0.39 is 17.5 Å². The predicted molar refractivity (Wildman–Crippen MR) is 54.7 cm³/mol. The number of carbonyl (C=O) groups excluding carboxylic acids is 1. The van der Waals surface area contributed by atoms with Crippen LogP contribution in [0.1, 0.15) is 21.6 Å². The van der Waals surface area contributed by atoms with Crippen LogP contribution in [0.4, 0.5) is 13.2 Å². The van der Waals surface area contributed by atoms with E-state index >= 15 is 0 Å². The molecule has 0 aliphatic rings. The normalized spacial score (nSPS) is 11.3. The van der Waals surface area contributed by atoms with Crippen molar-refractivity contribution in [2.75, 3.05) is 0 Å². The van der Waals surface area contributed by atoms with Crippen LogP contribution >= 0.6 is 0 Å². The van der Waals surface area contributed by atoms with E-state index in [1.165, 1.54) is 18.7 Å². The molecule has 0 bridgehead atoms. The number of nitrogens with zero attached hydrogens (tertiary/aromatic N) is 3. The minimum absolute atomic E-state index is 0.0854. The van der Waals surface area contributed by atoms with Crippen molar-refractivity contribution in [3.63, 3.8) is 0 Å². The molecule has 4 nitrogen and oxygen atoms in total. The molecule has 0 aromatic carbocycles. The standard InChI is InChI=1S/C11H6F3N3O/c12-11(13,14)8-1-2-9(17-5-8)10(18)7-3-15-6-16-4-7/h1-6H. The Morgan fingerprint density at radius 2 is 1.72 bits per heavy atom. The van der Waals surface area contributed by atoms with Gasteiger partial charge < -0.3 is 0 Å². The highest BCUT2D eigenvalue weighted by atomic mass is 19.4. The summed E-state index contributed by atoms with van der Waals surface area (Å²) in [6.07, 6.45) is -0.0538. The summed E-state index contributed by atoms with van der Waals surface area (Å²) >= 11 is 0. The summed E-state index contributed by atoms with van der Waals surface area (Å²) in [6, 6.07) is 1.84. The first-order chi connectivity index (χ1) is 8.48. The zero-order valence-corrected chi connectivity index (χ0v) is 8.85. The number of carbonyl (C=O) groups is 1. The smallest absolute Gasteiger partial charge is 0.287 e. The van der Waals surface area contributed by atoms with Crippen LogP contribution in [0, 0.1) is 0 Å². The van der Waals surface area contributed by atoms with E-state index in [9.17, 15) is 18.0 Å². The molecule has 2 aromatic rings. The molecule has 0 aliphatic heterocycles. The molecule has 0 amide bonds. The first-order valence-corrected chi connectivity index (χ1v) is 4.81. The largest absolute Gasteiger partial charge is 0.417 e. The Hall–Kier alpha value is -2.31. The number of hydrogen-bond acceptors (Lipinski definition) is 4. The quantitative estimate of drug-likeness (QED) is 0.769. The summed E-state index contributed by atoms with van der Waals surface area (Å²) in [5.74, 6) is -0.524. The van der Waals surface area contributed by atoms with Gasteiger partial charge in [-0.3, -0.25) is 9.78 Å². The lowest BCUT2D eigenvalue weighted by molar-refractivity contribution is -0.137. The molecule has 18 heavy (non-hydrogen) atoms. The van der Waals surface area contributed by atoms with E-state index in [1.807, 2.05) is 0 Å². The van der Waals surface area contributed by atoms with Crippen molar-refractivity contribution in [2.45, 2.75) is 6.18 Å². The van der Waals surface area contributed by atoms with Crippen LogP contribution in [0.3, 0.4) is 0 Å². The van der Waals surface area contributed by atoms with Crippen LogP contribution in [0.15, 0.2) is 37.1 Å². The molecule has 7 heteroatoms. The molecule has 2 heterocycles. The van der Waals surface area contributed by atoms with Gasteiger partial charge in [0.15, 0.2) is 0 Å². The maximum Gasteiger partial charge on any atom is 0.417 e. The molecule has 0 fully saturated rings. The number of hydrogen-bond donors (Lipinski definition) is 0. The van der Waals surface area contributed by atoms with Crippen molar-refractivity contribution >= 4 is 5.78 Å². The second-order valence-corrected chi connectivity index (χ2v) is 3.39. The topological polar surface area (TPSA) is 55.7 Å². The average molecular weight is 253 g/mol. The molecule has 0 saturated heterocycles. The van der Waals surface area contributed by atoms with Gasteiger partial charge >= 0.3 is 6.18 Å². The Bertz CT molecular complexity index is 552. The number of rotatable bonds is 2. The molecular weight excluding hydrogens is 247 g/mol. The summed E-state index contributed by atoms with van der Waals surface area (Å²) in [6.45, 7) is 0. The third-order valence-corrected chi connectivity index (χ3v) is 2.15. The summed E-state index contributed by atoms with van der Waals surface area (Å²) < 4.78 is 36.9. The van der Waals surface area contributed by atoms with Crippen LogP contribution in [-0.4, -0.2) is 20.7 Å². The highest BCUT2D eigenvalue weighted by molar-refractivity contribution is 6.07. The fourth-order valence-corrected chi connectivity index (χ4v) is 1.26. The highest BCUT2D eigenvalue weighted by Crippen LogP contribution is 2.28. The summed E-state index contributed by atoms with van der Waals surface area (Å²) in [4.78, 5) is 22.6. The third kappa shape index (κ3) is 2.50. The van der Waals surface area contributed by atoms with Crippen molar-refractivity contribution in [3.8, 4) is 0 Å². The molecular formula is C11H6F3N3O. The van der Waals surface area contributed by atoms with Gasteiger partial charge in [0, 0.05) is 18.6 Å². The highest BCUT2D eigenvalue weighted by Gasteiger charge is 2.30. The average Bonchev–Trinajstić information content (AvgIpc) is 2.38. The minimum Gasteiger partial charge on any atom is -0.287 e. The van der Waals surface area contributed by atoms with E-state index in [4.69, 9.17) is 0 Å². The Kier molecular flexibility index (Phi) is 3.05. The van der Waals surface area contributed by atoms with Gasteiger partial charge in [-0.15, -0.1) is 0 Å². The van der Waals surface area contributed by atoms with E-state index in [0.29, 0.717) is 6.20 Å². The Morgan fingerprint density at radius 1 is 1.06 bits per heavy atom. The molecule has 0 atom stereocenters. The molecule has 0 aliphatic carbocycles. The number of alkyl halides is 3. The van der Waals surface area contributed by atoms with Crippen LogP contribution in [-0.2, 0) is 6.18 Å². The molecule has 2 rings (SSSR count). The zero-order chi connectivity index (χ0) is 13.2. The molecule has 92 valence electrons. The molecule has 0 spiro atoms. The van der Waals surface area contributed by atoms with Crippen molar-refractivity contribution in [1.82, 2.24) is 15.0 Å². The number of pyridine rings is 1. The van der Waals surface area contributed by atoms with Crippen molar-refractivity contribution in [1.29, 1.82) is 0 Å². The Morgan fingerprint density at radius 3 is 2.22 bits per heavy atom. The molecule has 0 radical (unpaired) electrons. The van der Waals surface area contributed by atoms with Gasteiger partial charge in [-0.05, 0) is 12.1 Å². The first-order valence-electron chi connectivity index (χ1n) is 4.81. The van der Waals surface area contributed by atoms with Crippen molar-refractivity contribution < 1.29 is 18.0 Å². The molecule has 0 saturated carbocycles. The third-order valence-electron chi connectivity index (χ3n) is 2.15. The lowest BCUT2D eigenvalue weighted by atomic mass is 10.1. The lowest BCUT2D eigenvalue weighted by Gasteiger charge is -2.06. The second-order valence-electron chi connectivity index (χ2n) is 3.39. The molecule has 2 aromatic heterocycles. The SMILES string of the molecule is O=C(c1cncnc1)c1ccc(C(F)(F)F)cn1. The second kappa shape index (κ2) is 4.52. The first kappa shape index (κ1) is 12.2. The van der Waals surface area contributed by atoms with Gasteiger partial charge in [0.05, 0.1) is 11.1 Å². The van der Waals surface area contributed by atoms with Crippen molar-refractivity contribution in [2.24, 2.45) is 0 Å². The molecule has 0 N–H and O–H groups in total. The monoisotopic (exact) mass is 253 g/mol. The molecule has 0 unspecified atom stereocenters. The van der Waals surface area contributed by atoms with E-state index in [0.717, 1.165) is 12.1 Å². The maximum atomic E-state index is 12.3. The minimum atomic E-state index is -4.47. The number of halogens is 3. The van der Waals surface area contributed by atoms with Gasteiger partial charge in [0.2, 0.25) is 5.78 Å². The van der Waals surface area contributed by atoms with Gasteiger partial charge in [-0.1, -0.05) is 0 Å². The number of aromatic nitrogens is 3. The Balaban J connectivity index is 2.28. The van der Waals surface area contributed by atoms with Gasteiger partial charge in [0.25, 0.3) is 0 Å².